The molecule has 0 fully saturated rings. The molecule has 0 spiro atoms. The molecule has 0 aliphatic heterocycles. The molecule has 84 valence electrons. The number of anilines is 1. The first kappa shape index (κ1) is 11.7. The van der Waals surface area contributed by atoms with E-state index in [2.05, 4.69) is 9.97 Å². The average Bonchev–Trinajstić information content (AvgIpc) is 2.17. The quantitative estimate of drug-likeness (QED) is 0.818. The van der Waals surface area contributed by atoms with Crippen LogP contribution >= 0.6 is 0 Å². The Morgan fingerprint density at radius 2 is 2.07 bits per heavy atom. The van der Waals surface area contributed by atoms with Gasteiger partial charge in [-0.2, -0.15) is 13.2 Å². The number of hydrogen-bond acceptors (Lipinski definition) is 4. The fourth-order valence-electron chi connectivity index (χ4n) is 1.07. The smallest absolute Gasteiger partial charge is 0.395 e. The largest absolute Gasteiger partial charge is 0.405 e. The molecule has 1 rings (SSSR count). The number of alkyl halides is 3. The van der Waals surface area contributed by atoms with Gasteiger partial charge in [0.2, 0.25) is 0 Å². The molecule has 15 heavy (non-hydrogen) atoms. The van der Waals surface area contributed by atoms with Crippen LogP contribution < -0.4 is 4.90 Å². The van der Waals surface area contributed by atoms with Gasteiger partial charge >= 0.3 is 6.18 Å². The van der Waals surface area contributed by atoms with E-state index in [9.17, 15) is 13.2 Å². The molecule has 1 heterocycles. The summed E-state index contributed by atoms with van der Waals surface area (Å²) in [5.41, 5.74) is 0. The normalized spacial score (nSPS) is 11.5. The van der Waals surface area contributed by atoms with E-state index in [-0.39, 0.29) is 19.0 Å². The van der Waals surface area contributed by atoms with Crippen molar-refractivity contribution in [3.05, 3.63) is 18.6 Å². The highest BCUT2D eigenvalue weighted by molar-refractivity contribution is 5.35. The molecule has 1 aromatic rings. The summed E-state index contributed by atoms with van der Waals surface area (Å²) in [5.74, 6) is 0.101. The van der Waals surface area contributed by atoms with E-state index in [1.165, 1.54) is 18.6 Å². The molecule has 0 unspecified atom stereocenters. The number of halogens is 3. The van der Waals surface area contributed by atoms with Gasteiger partial charge in [-0.25, -0.2) is 4.98 Å². The Bertz CT molecular complexity index is 291. The molecule has 0 aromatic carbocycles. The SMILES string of the molecule is OCCN(CC(F)(F)F)c1cnccn1. The fourth-order valence-corrected chi connectivity index (χ4v) is 1.07. The van der Waals surface area contributed by atoms with Crippen molar-refractivity contribution in [3.63, 3.8) is 0 Å². The van der Waals surface area contributed by atoms with Crippen LogP contribution in [-0.2, 0) is 0 Å². The van der Waals surface area contributed by atoms with Gasteiger partial charge < -0.3 is 10.0 Å². The highest BCUT2D eigenvalue weighted by Gasteiger charge is 2.31. The molecule has 0 saturated heterocycles. The van der Waals surface area contributed by atoms with Crippen LogP contribution in [0.1, 0.15) is 0 Å². The molecule has 7 heteroatoms. The molecule has 0 radical (unpaired) electrons. The van der Waals surface area contributed by atoms with Crippen molar-refractivity contribution in [3.8, 4) is 0 Å². The summed E-state index contributed by atoms with van der Waals surface area (Å²) in [4.78, 5) is 8.32. The Balaban J connectivity index is 2.75. The van der Waals surface area contributed by atoms with Crippen molar-refractivity contribution in [2.24, 2.45) is 0 Å². The van der Waals surface area contributed by atoms with Gasteiger partial charge in [-0.3, -0.25) is 4.98 Å². The Morgan fingerprint density at radius 3 is 2.53 bits per heavy atom. The molecular weight excluding hydrogens is 211 g/mol. The zero-order valence-corrected chi connectivity index (χ0v) is 7.78. The Morgan fingerprint density at radius 1 is 1.33 bits per heavy atom. The van der Waals surface area contributed by atoms with Gasteiger partial charge in [-0.1, -0.05) is 0 Å². The molecule has 4 nitrogen and oxygen atoms in total. The van der Waals surface area contributed by atoms with E-state index in [1.807, 2.05) is 0 Å². The third kappa shape index (κ3) is 4.11. The number of nitrogens with zero attached hydrogens (tertiary/aromatic N) is 3. The molecule has 0 amide bonds. The van der Waals surface area contributed by atoms with Crippen molar-refractivity contribution in [1.82, 2.24) is 9.97 Å². The number of aliphatic hydroxyl groups is 1. The number of aromatic nitrogens is 2. The Hall–Kier alpha value is -1.37. The maximum atomic E-state index is 12.1. The minimum absolute atomic E-state index is 0.101. The lowest BCUT2D eigenvalue weighted by Crippen LogP contribution is -2.36. The summed E-state index contributed by atoms with van der Waals surface area (Å²) in [6.45, 7) is -1.64. The predicted molar refractivity (Wildman–Crippen MR) is 47.4 cm³/mol. The van der Waals surface area contributed by atoms with Crippen LogP contribution in [0, 0.1) is 0 Å². The van der Waals surface area contributed by atoms with Crippen LogP contribution in [0.15, 0.2) is 18.6 Å². The first-order chi connectivity index (χ1) is 7.03. The van der Waals surface area contributed by atoms with E-state index in [1.54, 1.807) is 0 Å². The van der Waals surface area contributed by atoms with Gasteiger partial charge in [0.15, 0.2) is 0 Å². The monoisotopic (exact) mass is 221 g/mol. The fraction of sp³-hybridized carbons (Fsp3) is 0.500. The lowest BCUT2D eigenvalue weighted by molar-refractivity contribution is -0.120. The van der Waals surface area contributed by atoms with Gasteiger partial charge in [0.05, 0.1) is 12.8 Å². The van der Waals surface area contributed by atoms with E-state index < -0.39 is 12.7 Å². The summed E-state index contributed by atoms with van der Waals surface area (Å²) in [6, 6.07) is 0. The molecule has 0 aliphatic carbocycles. The van der Waals surface area contributed by atoms with E-state index in [4.69, 9.17) is 5.11 Å². The van der Waals surface area contributed by atoms with Gasteiger partial charge in [0.1, 0.15) is 12.4 Å². The van der Waals surface area contributed by atoms with E-state index >= 15 is 0 Å². The Kier molecular flexibility index (Phi) is 3.84. The first-order valence-electron chi connectivity index (χ1n) is 4.21. The van der Waals surface area contributed by atoms with Crippen molar-refractivity contribution in [2.45, 2.75) is 6.18 Å². The standard InChI is InChI=1S/C8H10F3N3O/c9-8(10,11)6-14(3-4-15)7-5-12-1-2-13-7/h1-2,5,15H,3-4,6H2. The summed E-state index contributed by atoms with van der Waals surface area (Å²) < 4.78 is 36.4. The Labute approximate surface area is 84.4 Å². The van der Waals surface area contributed by atoms with Gasteiger partial charge in [-0.05, 0) is 0 Å². The second kappa shape index (κ2) is 4.92. The highest BCUT2D eigenvalue weighted by Crippen LogP contribution is 2.19. The summed E-state index contributed by atoms with van der Waals surface area (Å²) in [5, 5.41) is 8.64. The van der Waals surface area contributed by atoms with Crippen LogP contribution in [0.4, 0.5) is 19.0 Å². The van der Waals surface area contributed by atoms with E-state index in [0.29, 0.717) is 0 Å². The molecule has 1 aromatic heterocycles. The molecule has 0 bridgehead atoms. The highest BCUT2D eigenvalue weighted by atomic mass is 19.4. The molecule has 0 saturated carbocycles. The summed E-state index contributed by atoms with van der Waals surface area (Å²) in [6.07, 6.45) is -0.432. The topological polar surface area (TPSA) is 49.2 Å². The van der Waals surface area contributed by atoms with Crippen LogP contribution in [0.2, 0.25) is 0 Å². The van der Waals surface area contributed by atoms with Crippen molar-refractivity contribution in [2.75, 3.05) is 24.6 Å². The lowest BCUT2D eigenvalue weighted by Gasteiger charge is -2.23. The minimum Gasteiger partial charge on any atom is -0.395 e. The number of hydrogen-bond donors (Lipinski definition) is 1. The van der Waals surface area contributed by atoms with Crippen LogP contribution in [0.5, 0.6) is 0 Å². The summed E-state index contributed by atoms with van der Waals surface area (Å²) >= 11 is 0. The van der Waals surface area contributed by atoms with Crippen molar-refractivity contribution >= 4 is 5.82 Å². The number of aliphatic hydroxyl groups excluding tert-OH is 1. The van der Waals surface area contributed by atoms with Crippen LogP contribution in [0.25, 0.3) is 0 Å². The lowest BCUT2D eigenvalue weighted by atomic mass is 10.4. The van der Waals surface area contributed by atoms with Crippen molar-refractivity contribution in [1.29, 1.82) is 0 Å². The van der Waals surface area contributed by atoms with E-state index in [0.717, 1.165) is 4.90 Å². The van der Waals surface area contributed by atoms with Gasteiger partial charge in [-0.15, -0.1) is 0 Å². The molecule has 0 atom stereocenters. The van der Waals surface area contributed by atoms with Gasteiger partial charge in [0.25, 0.3) is 0 Å². The van der Waals surface area contributed by atoms with Crippen molar-refractivity contribution < 1.29 is 18.3 Å². The zero-order valence-electron chi connectivity index (χ0n) is 7.78. The first-order valence-corrected chi connectivity index (χ1v) is 4.21. The zero-order chi connectivity index (χ0) is 11.3. The second-order valence-electron chi connectivity index (χ2n) is 2.82. The third-order valence-electron chi connectivity index (χ3n) is 1.61. The van der Waals surface area contributed by atoms with Gasteiger partial charge in [0, 0.05) is 18.9 Å². The van der Waals surface area contributed by atoms with Crippen LogP contribution in [-0.4, -0.2) is 40.9 Å². The summed E-state index contributed by atoms with van der Waals surface area (Å²) in [7, 11) is 0. The predicted octanol–water partition coefficient (Wildman–Crippen LogP) is 0.838. The average molecular weight is 221 g/mol. The third-order valence-corrected chi connectivity index (χ3v) is 1.61. The maximum absolute atomic E-state index is 12.1. The molecule has 1 N–H and O–H groups in total. The minimum atomic E-state index is -4.33. The maximum Gasteiger partial charge on any atom is 0.405 e. The molecule has 0 aliphatic rings. The van der Waals surface area contributed by atoms with Crippen LogP contribution in [0.3, 0.4) is 0 Å². The number of rotatable bonds is 4. The molecular formula is C8H10F3N3O. The second-order valence-corrected chi connectivity index (χ2v) is 2.82.